The van der Waals surface area contributed by atoms with E-state index in [1.165, 1.54) is 57.7 Å². The number of rotatable bonds is 15. The van der Waals surface area contributed by atoms with Crippen LogP contribution in [-0.2, 0) is 0 Å². The molecule has 0 heterocycles. The van der Waals surface area contributed by atoms with Crippen molar-refractivity contribution in [1.82, 2.24) is 4.90 Å². The van der Waals surface area contributed by atoms with E-state index in [1.807, 2.05) is 0 Å². The Kier molecular flexibility index (Phi) is 14.2. The first kappa shape index (κ1) is 21.4. The van der Waals surface area contributed by atoms with Gasteiger partial charge < -0.3 is 0 Å². The second-order valence-corrected chi connectivity index (χ2v) is 11.9. The van der Waals surface area contributed by atoms with Gasteiger partial charge in [-0.05, 0) is 0 Å². The van der Waals surface area contributed by atoms with Crippen LogP contribution in [0.3, 0.4) is 0 Å². The van der Waals surface area contributed by atoms with Crippen molar-refractivity contribution in [3.63, 3.8) is 0 Å². The Morgan fingerprint density at radius 3 is 1.52 bits per heavy atom. The van der Waals surface area contributed by atoms with E-state index in [2.05, 4.69) is 32.7 Å². The number of aliphatic hydroxyl groups excluding tert-OH is 1. The van der Waals surface area contributed by atoms with Crippen molar-refractivity contribution in [2.75, 3.05) is 51.4 Å². The molecule has 130 valence electrons. The summed E-state index contributed by atoms with van der Waals surface area (Å²) in [5, 5.41) is 9.01. The van der Waals surface area contributed by atoms with Crippen molar-refractivity contribution >= 4 is 7.26 Å². The molecule has 0 aromatic carbocycles. The minimum atomic E-state index is -1.04. The second kappa shape index (κ2) is 14.0. The molecule has 0 aromatic heterocycles. The van der Waals surface area contributed by atoms with E-state index in [0.29, 0.717) is 6.61 Å². The summed E-state index contributed by atoms with van der Waals surface area (Å²) in [4.78, 5) is 2.29. The molecule has 0 spiro atoms. The summed E-state index contributed by atoms with van der Waals surface area (Å²) in [6.07, 6.45) is 16.0. The van der Waals surface area contributed by atoms with E-state index >= 15 is 0 Å². The van der Waals surface area contributed by atoms with E-state index in [4.69, 9.17) is 5.11 Å². The SMILES string of the molecule is CCCC[PH](CCCC)(CCCC)CCCN(C)CCO. The first-order valence-electron chi connectivity index (χ1n) is 9.43. The Hall–Kier alpha value is 0.350. The van der Waals surface area contributed by atoms with Gasteiger partial charge in [-0.3, -0.25) is 0 Å². The van der Waals surface area contributed by atoms with E-state index < -0.39 is 7.26 Å². The Morgan fingerprint density at radius 1 is 0.714 bits per heavy atom. The molecule has 1 N–H and O–H groups in total. The zero-order valence-corrected chi connectivity index (χ0v) is 16.3. The summed E-state index contributed by atoms with van der Waals surface area (Å²) in [6.45, 7) is 9.31. The molecule has 0 radical (unpaired) electrons. The maximum atomic E-state index is 9.01. The third-order valence-corrected chi connectivity index (χ3v) is 10.6. The summed E-state index contributed by atoms with van der Waals surface area (Å²) in [5.74, 6) is 0. The molecule has 0 fully saturated rings. The van der Waals surface area contributed by atoms with Gasteiger partial charge in [-0.2, -0.15) is 0 Å². The minimum absolute atomic E-state index is 0.292. The van der Waals surface area contributed by atoms with Crippen LogP contribution >= 0.6 is 7.26 Å². The third kappa shape index (κ3) is 10.7. The van der Waals surface area contributed by atoms with Gasteiger partial charge in [0.15, 0.2) is 0 Å². The van der Waals surface area contributed by atoms with Crippen molar-refractivity contribution in [3.8, 4) is 0 Å². The molecular formula is C18H42NOP. The van der Waals surface area contributed by atoms with E-state index in [0.717, 1.165) is 6.54 Å². The van der Waals surface area contributed by atoms with Gasteiger partial charge in [-0.1, -0.05) is 0 Å². The van der Waals surface area contributed by atoms with Crippen molar-refractivity contribution in [3.05, 3.63) is 0 Å². The summed E-state index contributed by atoms with van der Waals surface area (Å²) >= 11 is 0. The van der Waals surface area contributed by atoms with Gasteiger partial charge in [-0.25, -0.2) is 0 Å². The molecule has 21 heavy (non-hydrogen) atoms. The van der Waals surface area contributed by atoms with E-state index in [-0.39, 0.29) is 0 Å². The van der Waals surface area contributed by atoms with Crippen LogP contribution in [0.1, 0.15) is 65.7 Å². The van der Waals surface area contributed by atoms with Crippen LogP contribution in [0.25, 0.3) is 0 Å². The van der Waals surface area contributed by atoms with E-state index in [1.54, 1.807) is 18.5 Å². The van der Waals surface area contributed by atoms with Crippen molar-refractivity contribution in [2.24, 2.45) is 0 Å². The average Bonchev–Trinajstić information content (AvgIpc) is 2.48. The molecule has 3 heteroatoms. The monoisotopic (exact) mass is 319 g/mol. The van der Waals surface area contributed by atoms with Crippen molar-refractivity contribution in [2.45, 2.75) is 65.7 Å². The van der Waals surface area contributed by atoms with Crippen LogP contribution in [0.15, 0.2) is 0 Å². The molecule has 0 saturated heterocycles. The Bertz CT molecular complexity index is 201. The van der Waals surface area contributed by atoms with Gasteiger partial charge in [0.05, 0.1) is 0 Å². The molecule has 0 saturated carbocycles. The van der Waals surface area contributed by atoms with Crippen LogP contribution < -0.4 is 0 Å². The topological polar surface area (TPSA) is 23.5 Å². The van der Waals surface area contributed by atoms with Gasteiger partial charge in [0.2, 0.25) is 0 Å². The van der Waals surface area contributed by atoms with Crippen LogP contribution in [0.5, 0.6) is 0 Å². The van der Waals surface area contributed by atoms with Gasteiger partial charge in [0, 0.05) is 0 Å². The molecule has 0 rings (SSSR count). The van der Waals surface area contributed by atoms with E-state index in [9.17, 15) is 0 Å². The second-order valence-electron chi connectivity index (χ2n) is 6.94. The van der Waals surface area contributed by atoms with Gasteiger partial charge in [0.25, 0.3) is 0 Å². The zero-order valence-electron chi connectivity index (χ0n) is 15.3. The molecule has 0 aliphatic heterocycles. The normalized spacial score (nSPS) is 13.0. The number of aliphatic hydroxyl groups is 1. The average molecular weight is 320 g/mol. The molecule has 0 amide bonds. The first-order valence-corrected chi connectivity index (χ1v) is 12.3. The number of hydrogen-bond donors (Lipinski definition) is 1. The zero-order chi connectivity index (χ0) is 16.0. The summed E-state index contributed by atoms with van der Waals surface area (Å²) in [5.41, 5.74) is 0. The summed E-state index contributed by atoms with van der Waals surface area (Å²) in [6, 6.07) is 0. The van der Waals surface area contributed by atoms with Crippen molar-refractivity contribution < 1.29 is 5.11 Å². The Balaban J connectivity index is 4.47. The molecule has 0 aromatic rings. The molecule has 0 aliphatic rings. The van der Waals surface area contributed by atoms with Crippen LogP contribution in [0.2, 0.25) is 0 Å². The van der Waals surface area contributed by atoms with Gasteiger partial charge >= 0.3 is 134 Å². The van der Waals surface area contributed by atoms with Crippen molar-refractivity contribution in [1.29, 1.82) is 0 Å². The van der Waals surface area contributed by atoms with Gasteiger partial charge in [0.1, 0.15) is 0 Å². The number of likely N-dealkylation sites (N-methyl/N-ethyl adjacent to an activating group) is 1. The van der Waals surface area contributed by atoms with Crippen LogP contribution in [-0.4, -0.2) is 61.4 Å². The molecular weight excluding hydrogens is 277 g/mol. The number of nitrogens with zero attached hydrogens (tertiary/aromatic N) is 1. The fourth-order valence-corrected chi connectivity index (χ4v) is 9.13. The fraction of sp³-hybridized carbons (Fsp3) is 1.00. The fourth-order valence-electron chi connectivity index (χ4n) is 3.41. The molecule has 2 nitrogen and oxygen atoms in total. The summed E-state index contributed by atoms with van der Waals surface area (Å²) < 4.78 is 0. The molecule has 0 atom stereocenters. The molecule has 0 aliphatic carbocycles. The summed E-state index contributed by atoms with van der Waals surface area (Å²) in [7, 11) is 1.11. The predicted molar refractivity (Wildman–Crippen MR) is 102 cm³/mol. The number of hydrogen-bond acceptors (Lipinski definition) is 2. The Labute approximate surface area is 135 Å². The quantitative estimate of drug-likeness (QED) is 0.451. The van der Waals surface area contributed by atoms with Crippen LogP contribution in [0, 0.1) is 0 Å². The maximum absolute atomic E-state index is 9.01. The molecule has 0 unspecified atom stereocenters. The number of unbranched alkanes of at least 4 members (excludes halogenated alkanes) is 3. The Morgan fingerprint density at radius 2 is 1.14 bits per heavy atom. The van der Waals surface area contributed by atoms with Crippen LogP contribution in [0.4, 0.5) is 0 Å². The first-order chi connectivity index (χ1) is 10.1. The predicted octanol–water partition coefficient (Wildman–Crippen LogP) is 4.45. The molecule has 0 bridgehead atoms. The van der Waals surface area contributed by atoms with Gasteiger partial charge in [-0.15, -0.1) is 0 Å². The standard InChI is InChI=1S/C18H42NOP/c1-5-8-15-21(16-9-6-2,17-10-7-3)18-11-12-19(4)13-14-20/h20-21H,5-18H2,1-4H3. The third-order valence-electron chi connectivity index (χ3n) is 4.91.